The Hall–Kier alpha value is -2.45. The quantitative estimate of drug-likeness (QED) is 0.814. The molecule has 4 amide bonds. The summed E-state index contributed by atoms with van der Waals surface area (Å²) < 4.78 is 5.37. The van der Waals surface area contributed by atoms with E-state index in [-0.39, 0.29) is 36.1 Å². The Kier molecular flexibility index (Phi) is 4.72. The topological polar surface area (TPSA) is 109 Å². The highest BCUT2D eigenvalue weighted by Crippen LogP contribution is 2.31. The van der Waals surface area contributed by atoms with Gasteiger partial charge in [-0.2, -0.15) is 4.98 Å². The summed E-state index contributed by atoms with van der Waals surface area (Å²) in [6.07, 6.45) is 2.69. The molecular formula is C17H25N5O4. The number of urea groups is 1. The molecule has 2 aliphatic rings. The molecule has 0 aliphatic carbocycles. The Bertz CT molecular complexity index is 726. The lowest BCUT2D eigenvalue weighted by Crippen LogP contribution is -2.41. The predicted molar refractivity (Wildman–Crippen MR) is 90.6 cm³/mol. The van der Waals surface area contributed by atoms with Crippen LogP contribution in [0.3, 0.4) is 0 Å². The van der Waals surface area contributed by atoms with E-state index in [0.29, 0.717) is 12.4 Å². The first kappa shape index (κ1) is 18.3. The third-order valence-electron chi connectivity index (χ3n) is 4.79. The molecule has 0 radical (unpaired) electrons. The third kappa shape index (κ3) is 3.30. The van der Waals surface area contributed by atoms with Gasteiger partial charge in [-0.3, -0.25) is 14.5 Å². The number of likely N-dealkylation sites (tertiary alicyclic amines) is 1. The van der Waals surface area contributed by atoms with Crippen molar-refractivity contribution in [1.82, 2.24) is 25.3 Å². The van der Waals surface area contributed by atoms with Crippen molar-refractivity contribution in [3.63, 3.8) is 0 Å². The summed E-state index contributed by atoms with van der Waals surface area (Å²) in [7, 11) is 0. The van der Waals surface area contributed by atoms with E-state index in [1.54, 1.807) is 18.7 Å². The molecule has 1 unspecified atom stereocenters. The van der Waals surface area contributed by atoms with Gasteiger partial charge in [0.25, 0.3) is 5.91 Å². The molecule has 1 atom stereocenters. The van der Waals surface area contributed by atoms with Gasteiger partial charge in [0.15, 0.2) is 5.82 Å². The minimum absolute atomic E-state index is 0.0531. The standard InChI is InChI=1S/C17H25N5O4/c1-10(2)14(23)21-8-6-5-7-11(21)13-18-12(20-26-13)9-22-15(24)17(3,4)19-16(22)25/h10-11H,5-9H2,1-4H3,(H,19,25). The molecule has 3 rings (SSSR count). The van der Waals surface area contributed by atoms with Crippen LogP contribution in [0.5, 0.6) is 0 Å². The monoisotopic (exact) mass is 363 g/mol. The zero-order valence-electron chi connectivity index (χ0n) is 15.6. The van der Waals surface area contributed by atoms with Crippen molar-refractivity contribution in [3.8, 4) is 0 Å². The van der Waals surface area contributed by atoms with Crippen LogP contribution in [0.4, 0.5) is 4.79 Å². The van der Waals surface area contributed by atoms with Crippen LogP contribution in [0.1, 0.15) is 64.7 Å². The molecular weight excluding hydrogens is 338 g/mol. The average molecular weight is 363 g/mol. The number of rotatable bonds is 4. The van der Waals surface area contributed by atoms with Crippen LogP contribution in [0.15, 0.2) is 4.52 Å². The van der Waals surface area contributed by atoms with Crippen LogP contribution in [-0.4, -0.2) is 49.9 Å². The second kappa shape index (κ2) is 6.69. The maximum absolute atomic E-state index is 12.5. The molecule has 2 aliphatic heterocycles. The maximum atomic E-state index is 12.5. The van der Waals surface area contributed by atoms with Gasteiger partial charge in [-0.1, -0.05) is 19.0 Å². The van der Waals surface area contributed by atoms with E-state index in [2.05, 4.69) is 15.5 Å². The van der Waals surface area contributed by atoms with Gasteiger partial charge in [0.05, 0.1) is 6.54 Å². The Morgan fingerprint density at radius 1 is 1.35 bits per heavy atom. The summed E-state index contributed by atoms with van der Waals surface area (Å²) in [4.78, 5) is 43.9. The first-order valence-electron chi connectivity index (χ1n) is 8.98. The number of amides is 4. The number of aromatic nitrogens is 2. The summed E-state index contributed by atoms with van der Waals surface area (Å²) in [5.41, 5.74) is -0.937. The van der Waals surface area contributed by atoms with Gasteiger partial charge in [-0.15, -0.1) is 0 Å². The molecule has 0 saturated carbocycles. The number of nitrogens with one attached hydrogen (secondary N) is 1. The average Bonchev–Trinajstić information content (AvgIpc) is 3.12. The van der Waals surface area contributed by atoms with Crippen LogP contribution < -0.4 is 5.32 Å². The number of hydrogen-bond donors (Lipinski definition) is 1. The Morgan fingerprint density at radius 3 is 2.69 bits per heavy atom. The van der Waals surface area contributed by atoms with Gasteiger partial charge in [0.2, 0.25) is 11.8 Å². The largest absolute Gasteiger partial charge is 0.337 e. The molecule has 0 bridgehead atoms. The summed E-state index contributed by atoms with van der Waals surface area (Å²) in [5.74, 6) is 0.239. The Balaban J connectivity index is 1.76. The van der Waals surface area contributed by atoms with Crippen molar-refractivity contribution in [2.45, 2.75) is 65.1 Å². The van der Waals surface area contributed by atoms with Crippen molar-refractivity contribution < 1.29 is 18.9 Å². The smallest absolute Gasteiger partial charge is 0.325 e. The van der Waals surface area contributed by atoms with Gasteiger partial charge >= 0.3 is 6.03 Å². The molecule has 9 nitrogen and oxygen atoms in total. The number of hydrogen-bond acceptors (Lipinski definition) is 6. The normalized spacial score (nSPS) is 22.9. The SMILES string of the molecule is CC(C)C(=O)N1CCCCC1c1nc(CN2C(=O)NC(C)(C)C2=O)no1. The fourth-order valence-corrected chi connectivity index (χ4v) is 3.35. The minimum atomic E-state index is -0.937. The molecule has 0 spiro atoms. The molecule has 26 heavy (non-hydrogen) atoms. The van der Waals surface area contributed by atoms with Crippen molar-refractivity contribution >= 4 is 17.8 Å². The molecule has 9 heteroatoms. The van der Waals surface area contributed by atoms with E-state index < -0.39 is 11.6 Å². The molecule has 2 saturated heterocycles. The predicted octanol–water partition coefficient (Wildman–Crippen LogP) is 1.61. The number of carbonyl (C=O) groups excluding carboxylic acids is 3. The maximum Gasteiger partial charge on any atom is 0.325 e. The summed E-state index contributed by atoms with van der Waals surface area (Å²) in [6.45, 7) is 7.64. The van der Waals surface area contributed by atoms with E-state index in [1.165, 1.54) is 0 Å². The first-order chi connectivity index (χ1) is 12.2. The van der Waals surface area contributed by atoms with Gasteiger partial charge in [0, 0.05) is 12.5 Å². The number of nitrogens with zero attached hydrogens (tertiary/aromatic N) is 4. The van der Waals surface area contributed by atoms with Crippen LogP contribution in [-0.2, 0) is 16.1 Å². The molecule has 1 aromatic rings. The fraction of sp³-hybridized carbons (Fsp3) is 0.706. The summed E-state index contributed by atoms with van der Waals surface area (Å²) in [5, 5.41) is 6.53. The number of piperidine rings is 1. The van der Waals surface area contributed by atoms with Crippen LogP contribution >= 0.6 is 0 Å². The van der Waals surface area contributed by atoms with Gasteiger partial charge < -0.3 is 14.7 Å². The molecule has 1 aromatic heterocycles. The summed E-state index contributed by atoms with van der Waals surface area (Å²) in [6, 6.07) is -0.722. The lowest BCUT2D eigenvalue weighted by molar-refractivity contribution is -0.139. The molecule has 3 heterocycles. The summed E-state index contributed by atoms with van der Waals surface area (Å²) >= 11 is 0. The van der Waals surface area contributed by atoms with Gasteiger partial charge in [-0.05, 0) is 33.1 Å². The zero-order valence-corrected chi connectivity index (χ0v) is 15.6. The van der Waals surface area contributed by atoms with Crippen molar-refractivity contribution in [2.24, 2.45) is 5.92 Å². The third-order valence-corrected chi connectivity index (χ3v) is 4.79. The van der Waals surface area contributed by atoms with E-state index in [9.17, 15) is 14.4 Å². The minimum Gasteiger partial charge on any atom is -0.337 e. The second-order valence-electron chi connectivity index (χ2n) is 7.69. The number of imide groups is 1. The van der Waals surface area contributed by atoms with Crippen LogP contribution in [0.2, 0.25) is 0 Å². The van der Waals surface area contributed by atoms with Gasteiger partial charge in [-0.25, -0.2) is 4.79 Å². The molecule has 2 fully saturated rings. The highest BCUT2D eigenvalue weighted by atomic mass is 16.5. The molecule has 142 valence electrons. The number of carbonyl (C=O) groups is 3. The van der Waals surface area contributed by atoms with Crippen LogP contribution in [0.25, 0.3) is 0 Å². The lowest BCUT2D eigenvalue weighted by atomic mass is 10.00. The molecule has 0 aromatic carbocycles. The van der Waals surface area contributed by atoms with Crippen molar-refractivity contribution in [1.29, 1.82) is 0 Å². The second-order valence-corrected chi connectivity index (χ2v) is 7.69. The Morgan fingerprint density at radius 2 is 2.08 bits per heavy atom. The first-order valence-corrected chi connectivity index (χ1v) is 8.98. The van der Waals surface area contributed by atoms with E-state index in [4.69, 9.17) is 4.52 Å². The van der Waals surface area contributed by atoms with E-state index >= 15 is 0 Å². The van der Waals surface area contributed by atoms with Crippen molar-refractivity contribution in [2.75, 3.05) is 6.54 Å². The van der Waals surface area contributed by atoms with E-state index in [1.807, 2.05) is 13.8 Å². The van der Waals surface area contributed by atoms with E-state index in [0.717, 1.165) is 24.2 Å². The zero-order chi connectivity index (χ0) is 19.1. The fourth-order valence-electron chi connectivity index (χ4n) is 3.35. The Labute approximate surface area is 152 Å². The molecule has 1 N–H and O–H groups in total. The van der Waals surface area contributed by atoms with Crippen LogP contribution in [0, 0.1) is 5.92 Å². The highest BCUT2D eigenvalue weighted by Gasteiger charge is 2.44. The van der Waals surface area contributed by atoms with Crippen molar-refractivity contribution in [3.05, 3.63) is 11.7 Å². The highest BCUT2D eigenvalue weighted by molar-refractivity contribution is 6.06. The van der Waals surface area contributed by atoms with Gasteiger partial charge in [0.1, 0.15) is 11.6 Å². The lowest BCUT2D eigenvalue weighted by Gasteiger charge is -2.34.